The summed E-state index contributed by atoms with van der Waals surface area (Å²) in [4.78, 5) is 0. The largest absolute Gasteiger partial charge is 0.458 e. The van der Waals surface area contributed by atoms with Gasteiger partial charge in [-0.1, -0.05) is 34.1 Å². The summed E-state index contributed by atoms with van der Waals surface area (Å²) < 4.78 is 19.7. The van der Waals surface area contributed by atoms with Crippen LogP contribution in [0.3, 0.4) is 0 Å². The second-order valence-corrected chi connectivity index (χ2v) is 5.66. The number of halogens is 2. The van der Waals surface area contributed by atoms with E-state index in [9.17, 15) is 9.50 Å². The van der Waals surface area contributed by atoms with Gasteiger partial charge in [0.2, 0.25) is 0 Å². The number of benzene rings is 2. The standard InChI is InChI=1S/C16H12BrFO2/c1-9-3-2-4-10-7-14(20-16(9)10)15(19)11-5-12(17)8-13(18)6-11/h2-8,15,19H,1H3. The van der Waals surface area contributed by atoms with Gasteiger partial charge in [0, 0.05) is 9.86 Å². The second kappa shape index (κ2) is 5.04. The first kappa shape index (κ1) is 13.3. The maximum absolute atomic E-state index is 13.4. The fraction of sp³-hybridized carbons (Fsp3) is 0.125. The lowest BCUT2D eigenvalue weighted by Gasteiger charge is -2.08. The predicted molar refractivity (Wildman–Crippen MR) is 79.1 cm³/mol. The molecule has 4 heteroatoms. The molecule has 0 spiro atoms. The molecule has 0 aliphatic rings. The van der Waals surface area contributed by atoms with Crippen molar-refractivity contribution in [1.82, 2.24) is 0 Å². The highest BCUT2D eigenvalue weighted by molar-refractivity contribution is 9.10. The Bertz CT molecular complexity index is 759. The lowest BCUT2D eigenvalue weighted by molar-refractivity contribution is 0.191. The van der Waals surface area contributed by atoms with Crippen molar-refractivity contribution < 1.29 is 13.9 Å². The molecule has 2 aromatic carbocycles. The molecule has 0 radical (unpaired) electrons. The third-order valence-electron chi connectivity index (χ3n) is 3.23. The van der Waals surface area contributed by atoms with Gasteiger partial charge in [-0.05, 0) is 42.3 Å². The van der Waals surface area contributed by atoms with E-state index in [1.807, 2.05) is 25.1 Å². The summed E-state index contributed by atoms with van der Waals surface area (Å²) in [5.41, 5.74) is 2.20. The number of hydrogen-bond acceptors (Lipinski definition) is 2. The van der Waals surface area contributed by atoms with E-state index in [0.29, 0.717) is 15.8 Å². The van der Waals surface area contributed by atoms with Gasteiger partial charge in [0.25, 0.3) is 0 Å². The molecular formula is C16H12BrFO2. The number of aliphatic hydroxyl groups excluding tert-OH is 1. The fourth-order valence-corrected chi connectivity index (χ4v) is 2.74. The Morgan fingerprint density at radius 1 is 1.20 bits per heavy atom. The fourth-order valence-electron chi connectivity index (χ4n) is 2.26. The molecule has 0 amide bonds. The number of rotatable bonds is 2. The highest BCUT2D eigenvalue weighted by Crippen LogP contribution is 2.31. The van der Waals surface area contributed by atoms with Gasteiger partial charge >= 0.3 is 0 Å². The van der Waals surface area contributed by atoms with Gasteiger partial charge in [0.05, 0.1) is 0 Å². The molecule has 0 bridgehead atoms. The molecule has 1 aromatic heterocycles. The van der Waals surface area contributed by atoms with Crippen LogP contribution in [0.2, 0.25) is 0 Å². The van der Waals surface area contributed by atoms with Crippen LogP contribution in [-0.2, 0) is 0 Å². The van der Waals surface area contributed by atoms with Crippen LogP contribution in [0.15, 0.2) is 51.4 Å². The summed E-state index contributed by atoms with van der Waals surface area (Å²) in [5.74, 6) is 0.00696. The average molecular weight is 335 g/mol. The predicted octanol–water partition coefficient (Wildman–Crippen LogP) is 4.72. The number of hydrogen-bond donors (Lipinski definition) is 1. The molecule has 0 saturated heterocycles. The third-order valence-corrected chi connectivity index (χ3v) is 3.69. The molecule has 0 aliphatic heterocycles. The summed E-state index contributed by atoms with van der Waals surface area (Å²) in [6.07, 6.45) is -0.992. The molecule has 3 rings (SSSR count). The normalized spacial score (nSPS) is 12.8. The van der Waals surface area contributed by atoms with Crippen LogP contribution in [0, 0.1) is 12.7 Å². The van der Waals surface area contributed by atoms with E-state index < -0.39 is 11.9 Å². The zero-order valence-corrected chi connectivity index (χ0v) is 12.3. The first-order chi connectivity index (χ1) is 9.54. The topological polar surface area (TPSA) is 33.4 Å². The van der Waals surface area contributed by atoms with Crippen molar-refractivity contribution in [3.63, 3.8) is 0 Å². The summed E-state index contributed by atoms with van der Waals surface area (Å²) >= 11 is 3.22. The van der Waals surface area contributed by atoms with Crippen molar-refractivity contribution in [3.8, 4) is 0 Å². The molecule has 0 saturated carbocycles. The van der Waals surface area contributed by atoms with Gasteiger partial charge in [-0.2, -0.15) is 0 Å². The Morgan fingerprint density at radius 3 is 2.70 bits per heavy atom. The third kappa shape index (κ3) is 2.37. The minimum Gasteiger partial charge on any atom is -0.458 e. The Morgan fingerprint density at radius 2 is 2.00 bits per heavy atom. The number of aliphatic hydroxyl groups is 1. The van der Waals surface area contributed by atoms with Crippen molar-refractivity contribution in [2.45, 2.75) is 13.0 Å². The van der Waals surface area contributed by atoms with Crippen LogP contribution >= 0.6 is 15.9 Å². The maximum Gasteiger partial charge on any atom is 0.138 e. The minimum atomic E-state index is -0.992. The molecule has 1 unspecified atom stereocenters. The number of furan rings is 1. The zero-order valence-electron chi connectivity index (χ0n) is 10.7. The summed E-state index contributed by atoms with van der Waals surface area (Å²) in [5, 5.41) is 11.3. The number of fused-ring (bicyclic) bond motifs is 1. The van der Waals surface area contributed by atoms with E-state index in [0.717, 1.165) is 16.5 Å². The lowest BCUT2D eigenvalue weighted by Crippen LogP contribution is -1.98. The second-order valence-electron chi connectivity index (χ2n) is 4.75. The SMILES string of the molecule is Cc1cccc2cc(C(O)c3cc(F)cc(Br)c3)oc12. The first-order valence-corrected chi connectivity index (χ1v) is 6.97. The Balaban J connectivity index is 2.07. The quantitative estimate of drug-likeness (QED) is 0.735. The molecule has 1 atom stereocenters. The lowest BCUT2D eigenvalue weighted by atomic mass is 10.1. The molecule has 20 heavy (non-hydrogen) atoms. The van der Waals surface area contributed by atoms with Crippen molar-refractivity contribution in [3.05, 3.63) is 69.6 Å². The molecule has 3 aromatic rings. The molecule has 0 fully saturated rings. The van der Waals surface area contributed by atoms with E-state index in [2.05, 4.69) is 15.9 Å². The van der Waals surface area contributed by atoms with Gasteiger partial charge in [-0.15, -0.1) is 0 Å². The van der Waals surface area contributed by atoms with Gasteiger partial charge in [-0.3, -0.25) is 0 Å². The van der Waals surface area contributed by atoms with Crippen LogP contribution in [-0.4, -0.2) is 5.11 Å². The monoisotopic (exact) mass is 334 g/mol. The highest BCUT2D eigenvalue weighted by Gasteiger charge is 2.17. The molecule has 1 N–H and O–H groups in total. The van der Waals surface area contributed by atoms with Crippen molar-refractivity contribution in [1.29, 1.82) is 0 Å². The maximum atomic E-state index is 13.4. The van der Waals surface area contributed by atoms with Gasteiger partial charge < -0.3 is 9.52 Å². The van der Waals surface area contributed by atoms with Crippen LogP contribution in [0.5, 0.6) is 0 Å². The zero-order chi connectivity index (χ0) is 14.3. The number of para-hydroxylation sites is 1. The minimum absolute atomic E-state index is 0.402. The molecule has 1 heterocycles. The Hall–Kier alpha value is -1.65. The smallest absolute Gasteiger partial charge is 0.138 e. The van der Waals surface area contributed by atoms with Crippen molar-refractivity contribution in [2.75, 3.05) is 0 Å². The van der Waals surface area contributed by atoms with E-state index in [-0.39, 0.29) is 0 Å². The van der Waals surface area contributed by atoms with E-state index in [4.69, 9.17) is 4.42 Å². The Labute approximate surface area is 124 Å². The Kier molecular flexibility index (Phi) is 3.36. The van der Waals surface area contributed by atoms with Crippen LogP contribution in [0.1, 0.15) is 23.0 Å². The van der Waals surface area contributed by atoms with E-state index in [1.165, 1.54) is 12.1 Å². The molecule has 0 aliphatic carbocycles. The van der Waals surface area contributed by atoms with Gasteiger partial charge in [0.1, 0.15) is 23.3 Å². The van der Waals surface area contributed by atoms with Crippen molar-refractivity contribution >= 4 is 26.9 Å². The first-order valence-electron chi connectivity index (χ1n) is 6.18. The summed E-state index contributed by atoms with van der Waals surface area (Å²) in [6.45, 7) is 1.95. The van der Waals surface area contributed by atoms with E-state index >= 15 is 0 Å². The van der Waals surface area contributed by atoms with Gasteiger partial charge in [0.15, 0.2) is 0 Å². The van der Waals surface area contributed by atoms with Crippen molar-refractivity contribution in [2.24, 2.45) is 0 Å². The van der Waals surface area contributed by atoms with Gasteiger partial charge in [-0.25, -0.2) is 4.39 Å². The average Bonchev–Trinajstić information content (AvgIpc) is 2.82. The molecule has 2 nitrogen and oxygen atoms in total. The number of aryl methyl sites for hydroxylation is 1. The van der Waals surface area contributed by atoms with Crippen LogP contribution in [0.4, 0.5) is 4.39 Å². The summed E-state index contributed by atoms with van der Waals surface area (Å²) in [6, 6.07) is 11.9. The molecule has 102 valence electrons. The van der Waals surface area contributed by atoms with Crippen LogP contribution < -0.4 is 0 Å². The van der Waals surface area contributed by atoms with E-state index in [1.54, 1.807) is 12.1 Å². The highest BCUT2D eigenvalue weighted by atomic mass is 79.9. The molecular weight excluding hydrogens is 323 g/mol. The van der Waals surface area contributed by atoms with Crippen LogP contribution in [0.25, 0.3) is 11.0 Å². The summed E-state index contributed by atoms with van der Waals surface area (Å²) in [7, 11) is 0.